The fraction of sp³-hybridized carbons (Fsp3) is 0.174. The molecule has 0 spiro atoms. The smallest absolute Gasteiger partial charge is 0.203 e. The van der Waals surface area contributed by atoms with Gasteiger partial charge in [0.05, 0.1) is 31.2 Å². The first kappa shape index (κ1) is 20.7. The standard InChI is InChI=1S/C23H23N3O2.BrH/c1-27-19-11-13-20(14-12-19)28-16-15-25-21-9-5-6-10-22(21)26(23(25)24)17-18-7-3-2-4-8-18;/h2-14,24H,15-17H2,1H3;1H. The number of nitrogens with zero attached hydrogens (tertiary/aromatic N) is 2. The van der Waals surface area contributed by atoms with E-state index in [1.807, 2.05) is 63.7 Å². The number of hydrogen-bond acceptors (Lipinski definition) is 3. The summed E-state index contributed by atoms with van der Waals surface area (Å²) in [6.07, 6.45) is 0. The molecule has 3 aromatic carbocycles. The molecule has 4 rings (SSSR count). The van der Waals surface area contributed by atoms with Gasteiger partial charge in [0, 0.05) is 0 Å². The van der Waals surface area contributed by atoms with Gasteiger partial charge >= 0.3 is 0 Å². The number of nitrogens with one attached hydrogen (secondary N) is 1. The van der Waals surface area contributed by atoms with E-state index in [0.717, 1.165) is 22.5 Å². The number of ether oxygens (including phenoxy) is 2. The van der Waals surface area contributed by atoms with Crippen LogP contribution in [0.1, 0.15) is 5.56 Å². The summed E-state index contributed by atoms with van der Waals surface area (Å²) in [5.41, 5.74) is 3.75. The van der Waals surface area contributed by atoms with Crippen LogP contribution < -0.4 is 15.1 Å². The number of benzene rings is 3. The fourth-order valence-electron chi connectivity index (χ4n) is 3.37. The van der Waals surface area contributed by atoms with E-state index in [2.05, 4.69) is 24.3 Å². The van der Waals surface area contributed by atoms with Crippen molar-refractivity contribution in [3.63, 3.8) is 0 Å². The summed E-state index contributed by atoms with van der Waals surface area (Å²) in [5, 5.41) is 8.71. The number of rotatable bonds is 7. The summed E-state index contributed by atoms with van der Waals surface area (Å²) in [6, 6.07) is 25.9. The Kier molecular flexibility index (Phi) is 6.77. The minimum absolute atomic E-state index is 0. The van der Waals surface area contributed by atoms with E-state index in [0.29, 0.717) is 25.3 Å². The molecule has 1 N–H and O–H groups in total. The number of methoxy groups -OCH3 is 1. The van der Waals surface area contributed by atoms with Crippen molar-refractivity contribution in [2.24, 2.45) is 0 Å². The topological polar surface area (TPSA) is 52.2 Å². The Bertz CT molecular complexity index is 1120. The summed E-state index contributed by atoms with van der Waals surface area (Å²) in [6.45, 7) is 1.77. The number of para-hydroxylation sites is 2. The molecule has 1 aromatic heterocycles. The zero-order valence-electron chi connectivity index (χ0n) is 16.2. The molecule has 0 aliphatic carbocycles. The normalized spacial score (nSPS) is 10.5. The summed E-state index contributed by atoms with van der Waals surface area (Å²) in [7, 11) is 1.65. The van der Waals surface area contributed by atoms with Gasteiger partial charge in [0.25, 0.3) is 0 Å². The molecule has 0 aliphatic heterocycles. The van der Waals surface area contributed by atoms with Crippen molar-refractivity contribution in [3.8, 4) is 11.5 Å². The molecule has 150 valence electrons. The van der Waals surface area contributed by atoms with Gasteiger partial charge in [-0.25, -0.2) is 0 Å². The zero-order chi connectivity index (χ0) is 19.3. The molecule has 0 amide bonds. The van der Waals surface area contributed by atoms with Gasteiger partial charge in [-0.15, -0.1) is 17.0 Å². The largest absolute Gasteiger partial charge is 0.497 e. The summed E-state index contributed by atoms with van der Waals surface area (Å²) in [5.74, 6) is 1.60. The average Bonchev–Trinajstić information content (AvgIpc) is 3.01. The summed E-state index contributed by atoms with van der Waals surface area (Å²) in [4.78, 5) is 0. The molecule has 29 heavy (non-hydrogen) atoms. The first-order valence-corrected chi connectivity index (χ1v) is 9.30. The maximum Gasteiger partial charge on any atom is 0.203 e. The van der Waals surface area contributed by atoms with Gasteiger partial charge in [-0.05, 0) is 42.0 Å². The maximum atomic E-state index is 8.71. The molecule has 0 unspecified atom stereocenters. The average molecular weight is 454 g/mol. The van der Waals surface area contributed by atoms with Gasteiger partial charge in [-0.3, -0.25) is 5.41 Å². The minimum atomic E-state index is 0. The van der Waals surface area contributed by atoms with Gasteiger partial charge in [-0.2, -0.15) is 0 Å². The third-order valence-corrected chi connectivity index (χ3v) is 4.80. The number of halogens is 1. The van der Waals surface area contributed by atoms with Crippen molar-refractivity contribution in [1.82, 2.24) is 9.13 Å². The number of fused-ring (bicyclic) bond motifs is 1. The van der Waals surface area contributed by atoms with Crippen molar-refractivity contribution in [3.05, 3.63) is 90.0 Å². The minimum Gasteiger partial charge on any atom is -0.497 e. The van der Waals surface area contributed by atoms with Gasteiger partial charge in [0.1, 0.15) is 18.1 Å². The van der Waals surface area contributed by atoms with Crippen LogP contribution in [0.4, 0.5) is 0 Å². The molecule has 0 saturated heterocycles. The highest BCUT2D eigenvalue weighted by Crippen LogP contribution is 2.18. The molecule has 0 aliphatic rings. The molecule has 5 nitrogen and oxygen atoms in total. The second kappa shape index (κ2) is 9.47. The molecule has 0 radical (unpaired) electrons. The second-order valence-electron chi connectivity index (χ2n) is 6.56. The first-order valence-electron chi connectivity index (χ1n) is 9.30. The quantitative estimate of drug-likeness (QED) is 0.443. The van der Waals surface area contributed by atoms with Gasteiger partial charge in [0.2, 0.25) is 5.62 Å². The van der Waals surface area contributed by atoms with E-state index in [1.54, 1.807) is 7.11 Å². The number of hydrogen-bond donors (Lipinski definition) is 1. The molecule has 1 heterocycles. The van der Waals surface area contributed by atoms with Crippen LogP contribution in [0.3, 0.4) is 0 Å². The van der Waals surface area contributed by atoms with E-state index >= 15 is 0 Å². The Hall–Kier alpha value is -2.99. The van der Waals surface area contributed by atoms with Crippen LogP contribution in [0.15, 0.2) is 78.9 Å². The highest BCUT2D eigenvalue weighted by Gasteiger charge is 2.11. The Morgan fingerprint density at radius 3 is 2.00 bits per heavy atom. The SMILES string of the molecule is Br.COc1ccc(OCCn2c(=N)n(Cc3ccccc3)c3ccccc32)cc1. The summed E-state index contributed by atoms with van der Waals surface area (Å²) < 4.78 is 15.1. The lowest BCUT2D eigenvalue weighted by atomic mass is 10.2. The Morgan fingerprint density at radius 2 is 1.34 bits per heavy atom. The molecule has 0 saturated carbocycles. The van der Waals surface area contributed by atoms with Crippen molar-refractivity contribution >= 4 is 28.0 Å². The van der Waals surface area contributed by atoms with Gasteiger partial charge in [0.15, 0.2) is 0 Å². The van der Waals surface area contributed by atoms with Crippen LogP contribution >= 0.6 is 17.0 Å². The zero-order valence-corrected chi connectivity index (χ0v) is 18.0. The van der Waals surface area contributed by atoms with Crippen LogP contribution in [0, 0.1) is 5.41 Å². The molecule has 0 bridgehead atoms. The predicted molar refractivity (Wildman–Crippen MR) is 120 cm³/mol. The highest BCUT2D eigenvalue weighted by molar-refractivity contribution is 8.93. The molecular formula is C23H24BrN3O2. The van der Waals surface area contributed by atoms with Crippen molar-refractivity contribution in [2.75, 3.05) is 13.7 Å². The van der Waals surface area contributed by atoms with Gasteiger partial charge < -0.3 is 18.6 Å². The van der Waals surface area contributed by atoms with Crippen molar-refractivity contribution < 1.29 is 9.47 Å². The Labute approximate surface area is 180 Å². The first-order chi connectivity index (χ1) is 13.8. The van der Waals surface area contributed by atoms with Crippen LogP contribution in [0.5, 0.6) is 11.5 Å². The second-order valence-corrected chi connectivity index (χ2v) is 6.56. The highest BCUT2D eigenvalue weighted by atomic mass is 79.9. The monoisotopic (exact) mass is 453 g/mol. The van der Waals surface area contributed by atoms with Crippen LogP contribution in [-0.4, -0.2) is 22.9 Å². The van der Waals surface area contributed by atoms with Crippen molar-refractivity contribution in [1.29, 1.82) is 5.41 Å². The lowest BCUT2D eigenvalue weighted by molar-refractivity contribution is 0.296. The van der Waals surface area contributed by atoms with Gasteiger partial charge in [-0.1, -0.05) is 42.5 Å². The van der Waals surface area contributed by atoms with Crippen LogP contribution in [0.25, 0.3) is 11.0 Å². The molecule has 6 heteroatoms. The fourth-order valence-corrected chi connectivity index (χ4v) is 3.37. The lowest BCUT2D eigenvalue weighted by Crippen LogP contribution is -2.27. The van der Waals surface area contributed by atoms with E-state index < -0.39 is 0 Å². The number of aromatic nitrogens is 2. The Morgan fingerprint density at radius 1 is 0.759 bits per heavy atom. The third kappa shape index (κ3) is 4.54. The summed E-state index contributed by atoms with van der Waals surface area (Å²) >= 11 is 0. The lowest BCUT2D eigenvalue weighted by Gasteiger charge is -2.08. The van der Waals surface area contributed by atoms with E-state index in [9.17, 15) is 0 Å². The Balaban J connectivity index is 0.00000240. The molecular weight excluding hydrogens is 430 g/mol. The predicted octanol–water partition coefficient (Wildman–Crippen LogP) is 4.64. The third-order valence-electron chi connectivity index (χ3n) is 4.80. The van der Waals surface area contributed by atoms with E-state index in [4.69, 9.17) is 14.9 Å². The molecule has 4 aromatic rings. The van der Waals surface area contributed by atoms with Crippen LogP contribution in [-0.2, 0) is 13.1 Å². The van der Waals surface area contributed by atoms with E-state index in [-0.39, 0.29) is 17.0 Å². The number of imidazole rings is 1. The molecule has 0 atom stereocenters. The maximum absolute atomic E-state index is 8.71. The van der Waals surface area contributed by atoms with Crippen molar-refractivity contribution in [2.45, 2.75) is 13.1 Å². The van der Waals surface area contributed by atoms with E-state index in [1.165, 1.54) is 5.56 Å². The van der Waals surface area contributed by atoms with Crippen LogP contribution in [0.2, 0.25) is 0 Å². The molecule has 0 fully saturated rings.